The second-order valence-corrected chi connectivity index (χ2v) is 5.40. The molecule has 0 aliphatic heterocycles. The van der Waals surface area contributed by atoms with Gasteiger partial charge in [0.25, 0.3) is 0 Å². The van der Waals surface area contributed by atoms with E-state index in [9.17, 15) is 0 Å². The first-order chi connectivity index (χ1) is 7.59. The summed E-state index contributed by atoms with van der Waals surface area (Å²) in [5.41, 5.74) is 3.66. The van der Waals surface area contributed by atoms with Gasteiger partial charge in [0.15, 0.2) is 0 Å². The van der Waals surface area contributed by atoms with Gasteiger partial charge in [-0.25, -0.2) is 0 Å². The predicted molar refractivity (Wildman–Crippen MR) is 66.3 cm³/mol. The van der Waals surface area contributed by atoms with E-state index in [1.165, 1.54) is 24.1 Å². The third kappa shape index (κ3) is 2.46. The van der Waals surface area contributed by atoms with Crippen LogP contribution >= 0.6 is 0 Å². The number of aromatic nitrogens is 2. The summed E-state index contributed by atoms with van der Waals surface area (Å²) in [5.74, 6) is 1.63. The summed E-state index contributed by atoms with van der Waals surface area (Å²) in [4.78, 5) is 0. The van der Waals surface area contributed by atoms with E-state index in [1.54, 1.807) is 0 Å². The highest BCUT2D eigenvalue weighted by Gasteiger charge is 2.32. The third-order valence-corrected chi connectivity index (χ3v) is 3.64. The maximum absolute atomic E-state index is 4.23. The van der Waals surface area contributed by atoms with Gasteiger partial charge in [-0.3, -0.25) is 5.10 Å². The molecule has 3 nitrogen and oxygen atoms in total. The molecule has 1 unspecified atom stereocenters. The lowest BCUT2D eigenvalue weighted by Crippen LogP contribution is -2.35. The summed E-state index contributed by atoms with van der Waals surface area (Å²) in [6.45, 7) is 9.74. The first kappa shape index (κ1) is 11.6. The number of H-pyrrole nitrogens is 1. The lowest BCUT2D eigenvalue weighted by molar-refractivity contribution is 0.359. The highest BCUT2D eigenvalue weighted by Crippen LogP contribution is 2.35. The molecule has 0 saturated heterocycles. The number of hydrogen-bond donors (Lipinski definition) is 2. The minimum absolute atomic E-state index is 0.675. The average molecular weight is 221 g/mol. The fourth-order valence-corrected chi connectivity index (χ4v) is 2.46. The van der Waals surface area contributed by atoms with Gasteiger partial charge in [-0.05, 0) is 38.5 Å². The lowest BCUT2D eigenvalue weighted by atomic mass is 9.99. The number of nitrogens with one attached hydrogen (secondary N) is 2. The van der Waals surface area contributed by atoms with Gasteiger partial charge in [-0.15, -0.1) is 0 Å². The molecule has 0 amide bonds. The molecule has 3 heteroatoms. The van der Waals surface area contributed by atoms with Crippen LogP contribution in [0, 0.1) is 25.7 Å². The van der Waals surface area contributed by atoms with E-state index >= 15 is 0 Å². The van der Waals surface area contributed by atoms with Crippen LogP contribution in [0.5, 0.6) is 0 Å². The minimum Gasteiger partial charge on any atom is -0.309 e. The number of rotatable bonds is 5. The lowest BCUT2D eigenvalue weighted by Gasteiger charge is -2.22. The summed E-state index contributed by atoms with van der Waals surface area (Å²) >= 11 is 0. The number of aromatic amines is 1. The molecule has 1 saturated carbocycles. The van der Waals surface area contributed by atoms with Crippen molar-refractivity contribution in [2.75, 3.05) is 0 Å². The Morgan fingerprint density at radius 2 is 2.06 bits per heavy atom. The van der Waals surface area contributed by atoms with Crippen molar-refractivity contribution < 1.29 is 0 Å². The molecule has 0 spiro atoms. The fourth-order valence-electron chi connectivity index (χ4n) is 2.46. The van der Waals surface area contributed by atoms with Gasteiger partial charge < -0.3 is 5.32 Å². The van der Waals surface area contributed by atoms with Crippen molar-refractivity contribution in [3.05, 3.63) is 17.0 Å². The van der Waals surface area contributed by atoms with Gasteiger partial charge >= 0.3 is 0 Å². The van der Waals surface area contributed by atoms with Crippen molar-refractivity contribution in [3.8, 4) is 0 Å². The monoisotopic (exact) mass is 221 g/mol. The van der Waals surface area contributed by atoms with Crippen LogP contribution in [0.1, 0.15) is 43.6 Å². The standard InChI is InChI=1S/C13H23N3/c1-8(2)13(11-5-6-11)14-7-12-9(3)15-16-10(12)4/h8,11,13-14H,5-7H2,1-4H3,(H,15,16). The molecule has 0 aromatic carbocycles. The number of hydrogen-bond acceptors (Lipinski definition) is 2. The molecule has 1 aromatic heterocycles. The van der Waals surface area contributed by atoms with Crippen molar-refractivity contribution in [1.29, 1.82) is 0 Å². The zero-order valence-electron chi connectivity index (χ0n) is 10.8. The van der Waals surface area contributed by atoms with E-state index in [2.05, 4.69) is 43.2 Å². The zero-order valence-corrected chi connectivity index (χ0v) is 10.8. The quantitative estimate of drug-likeness (QED) is 0.802. The summed E-state index contributed by atoms with van der Waals surface area (Å²) in [5, 5.41) is 11.0. The zero-order chi connectivity index (χ0) is 11.7. The molecule has 1 aliphatic carbocycles. The van der Waals surface area contributed by atoms with E-state index in [0.717, 1.165) is 24.1 Å². The van der Waals surface area contributed by atoms with E-state index in [-0.39, 0.29) is 0 Å². The first-order valence-corrected chi connectivity index (χ1v) is 6.33. The van der Waals surface area contributed by atoms with Crippen molar-refractivity contribution in [2.45, 2.75) is 53.1 Å². The van der Waals surface area contributed by atoms with E-state index in [4.69, 9.17) is 0 Å². The van der Waals surface area contributed by atoms with Crippen molar-refractivity contribution in [2.24, 2.45) is 11.8 Å². The second kappa shape index (κ2) is 4.58. The molecular weight excluding hydrogens is 198 g/mol. The summed E-state index contributed by atoms with van der Waals surface area (Å²) in [6.07, 6.45) is 2.80. The molecule has 16 heavy (non-hydrogen) atoms. The molecule has 0 radical (unpaired) electrons. The Balaban J connectivity index is 1.95. The summed E-state index contributed by atoms with van der Waals surface area (Å²) < 4.78 is 0. The largest absolute Gasteiger partial charge is 0.309 e. The predicted octanol–water partition coefficient (Wildman–Crippen LogP) is 2.55. The van der Waals surface area contributed by atoms with Crippen molar-refractivity contribution >= 4 is 0 Å². The van der Waals surface area contributed by atoms with Crippen LogP contribution in [-0.4, -0.2) is 16.2 Å². The van der Waals surface area contributed by atoms with Crippen LogP contribution in [0.4, 0.5) is 0 Å². The highest BCUT2D eigenvalue weighted by molar-refractivity contribution is 5.22. The van der Waals surface area contributed by atoms with Crippen LogP contribution in [0.3, 0.4) is 0 Å². The number of aryl methyl sites for hydroxylation is 2. The first-order valence-electron chi connectivity index (χ1n) is 6.33. The van der Waals surface area contributed by atoms with Gasteiger partial charge in [-0.1, -0.05) is 13.8 Å². The Morgan fingerprint density at radius 1 is 1.38 bits per heavy atom. The van der Waals surface area contributed by atoms with Gasteiger partial charge in [-0.2, -0.15) is 5.10 Å². The minimum atomic E-state index is 0.675. The van der Waals surface area contributed by atoms with Gasteiger partial charge in [0.1, 0.15) is 0 Å². The summed E-state index contributed by atoms with van der Waals surface area (Å²) in [7, 11) is 0. The average Bonchev–Trinajstić information content (AvgIpc) is 2.99. The van der Waals surface area contributed by atoms with Crippen LogP contribution in [0.15, 0.2) is 0 Å². The highest BCUT2D eigenvalue weighted by atomic mass is 15.1. The summed E-state index contributed by atoms with van der Waals surface area (Å²) in [6, 6.07) is 0.675. The molecule has 0 bridgehead atoms. The number of nitrogens with zero attached hydrogens (tertiary/aromatic N) is 1. The van der Waals surface area contributed by atoms with Crippen LogP contribution < -0.4 is 5.32 Å². The SMILES string of the molecule is Cc1n[nH]c(C)c1CNC(C(C)C)C1CC1. The molecule has 1 fully saturated rings. The molecule has 2 rings (SSSR count). The Labute approximate surface area is 98.0 Å². The smallest absolute Gasteiger partial charge is 0.0638 e. The topological polar surface area (TPSA) is 40.7 Å². The molecule has 1 aliphatic rings. The van der Waals surface area contributed by atoms with Gasteiger partial charge in [0, 0.05) is 23.8 Å². The Kier molecular flexibility index (Phi) is 3.33. The van der Waals surface area contributed by atoms with Crippen LogP contribution in [0.25, 0.3) is 0 Å². The van der Waals surface area contributed by atoms with Crippen molar-refractivity contribution in [1.82, 2.24) is 15.5 Å². The van der Waals surface area contributed by atoms with Gasteiger partial charge in [0.05, 0.1) is 5.69 Å². The Hall–Kier alpha value is -0.830. The van der Waals surface area contributed by atoms with Crippen molar-refractivity contribution in [3.63, 3.8) is 0 Å². The second-order valence-electron chi connectivity index (χ2n) is 5.40. The van der Waals surface area contributed by atoms with Crippen LogP contribution in [0.2, 0.25) is 0 Å². The Bertz CT molecular complexity index is 329. The molecule has 2 N–H and O–H groups in total. The Morgan fingerprint density at radius 3 is 2.50 bits per heavy atom. The van der Waals surface area contributed by atoms with Gasteiger partial charge in [0.2, 0.25) is 0 Å². The van der Waals surface area contributed by atoms with Crippen LogP contribution in [-0.2, 0) is 6.54 Å². The fraction of sp³-hybridized carbons (Fsp3) is 0.769. The molecule has 1 heterocycles. The normalized spacial score (nSPS) is 18.1. The van der Waals surface area contributed by atoms with E-state index < -0.39 is 0 Å². The molecule has 90 valence electrons. The molecule has 1 atom stereocenters. The van der Waals surface area contributed by atoms with E-state index in [0.29, 0.717) is 6.04 Å². The molecule has 1 aromatic rings. The maximum atomic E-state index is 4.23. The molecular formula is C13H23N3. The maximum Gasteiger partial charge on any atom is 0.0638 e. The third-order valence-electron chi connectivity index (χ3n) is 3.64. The van der Waals surface area contributed by atoms with E-state index in [1.807, 2.05) is 0 Å².